The minimum atomic E-state index is -0.707. The zero-order valence-electron chi connectivity index (χ0n) is 17.4. The molecule has 0 saturated carbocycles. The monoisotopic (exact) mass is 489 g/mol. The van der Waals surface area contributed by atoms with Crippen LogP contribution in [-0.2, 0) is 0 Å². The lowest BCUT2D eigenvalue weighted by atomic mass is 9.98. The number of fused-ring (bicyclic) bond motifs is 1. The molecular formula is C21H17ClFN5O4S. The van der Waals surface area contributed by atoms with Crippen LogP contribution in [0.25, 0.3) is 21.5 Å². The van der Waals surface area contributed by atoms with Crippen molar-refractivity contribution in [1.29, 1.82) is 0 Å². The molecule has 12 heteroatoms. The summed E-state index contributed by atoms with van der Waals surface area (Å²) in [6.45, 7) is 1.61. The van der Waals surface area contributed by atoms with E-state index >= 15 is 0 Å². The molecule has 0 saturated heterocycles. The Balaban J connectivity index is 1.70. The fraction of sp³-hybridized carbons (Fsp3) is 0.190. The summed E-state index contributed by atoms with van der Waals surface area (Å²) >= 11 is 7.10. The first-order chi connectivity index (χ1) is 15.9. The lowest BCUT2D eigenvalue weighted by Crippen LogP contribution is -2.14. The number of hydrogen-bond acceptors (Lipinski definition) is 9. The molecule has 0 aliphatic heterocycles. The number of halogens is 2. The van der Waals surface area contributed by atoms with Gasteiger partial charge in [-0.25, -0.2) is 14.4 Å². The third-order valence-electron chi connectivity index (χ3n) is 4.50. The maximum atomic E-state index is 15.0. The van der Waals surface area contributed by atoms with E-state index in [9.17, 15) is 9.18 Å². The van der Waals surface area contributed by atoms with E-state index in [0.717, 1.165) is 11.3 Å². The van der Waals surface area contributed by atoms with Crippen LogP contribution in [0.5, 0.6) is 11.8 Å². The van der Waals surface area contributed by atoms with Gasteiger partial charge in [-0.15, -0.1) is 0 Å². The Hall–Kier alpha value is -3.41. The molecule has 2 N–H and O–H groups in total. The summed E-state index contributed by atoms with van der Waals surface area (Å²) < 4.78 is 25.5. The van der Waals surface area contributed by atoms with Crippen molar-refractivity contribution < 1.29 is 23.8 Å². The van der Waals surface area contributed by atoms with Gasteiger partial charge >= 0.3 is 6.01 Å². The molecular weight excluding hydrogens is 473 g/mol. The zero-order valence-corrected chi connectivity index (χ0v) is 19.0. The standard InChI is InChI=1S/C21H17ClFN5O4S/c1-10-7-11(16-15(31-2)4-3-13(22)17(16)23)12(8-24-10)18(30)27-21-26-14-9-25-20(32-6-5-29)28-19(14)33-21/h3-4,7-9,29H,5-6H2,1-2H3,(H,26,27,30). The number of aliphatic hydroxyl groups is 1. The number of ether oxygens (including phenoxy) is 2. The van der Waals surface area contributed by atoms with E-state index < -0.39 is 11.7 Å². The number of pyridine rings is 1. The van der Waals surface area contributed by atoms with Gasteiger partial charge in [0.1, 0.15) is 17.9 Å². The second kappa shape index (κ2) is 9.61. The Labute approximate surface area is 196 Å². The molecule has 4 rings (SSSR count). The molecule has 0 bridgehead atoms. The molecule has 4 aromatic rings. The van der Waals surface area contributed by atoms with Crippen molar-refractivity contribution >= 4 is 44.3 Å². The van der Waals surface area contributed by atoms with Gasteiger partial charge in [-0.05, 0) is 25.1 Å². The topological polar surface area (TPSA) is 119 Å². The van der Waals surface area contributed by atoms with E-state index in [4.69, 9.17) is 26.2 Å². The molecule has 9 nitrogen and oxygen atoms in total. The van der Waals surface area contributed by atoms with Gasteiger partial charge in [-0.1, -0.05) is 22.9 Å². The molecule has 0 aliphatic rings. The number of thiazole rings is 1. The summed E-state index contributed by atoms with van der Waals surface area (Å²) in [5.41, 5.74) is 1.47. The van der Waals surface area contributed by atoms with Crippen LogP contribution < -0.4 is 14.8 Å². The number of aromatic nitrogens is 4. The molecule has 1 amide bonds. The van der Waals surface area contributed by atoms with Gasteiger partial charge in [0.25, 0.3) is 5.91 Å². The summed E-state index contributed by atoms with van der Waals surface area (Å²) in [6.07, 6.45) is 2.81. The number of amides is 1. The second-order valence-electron chi connectivity index (χ2n) is 6.70. The first kappa shape index (κ1) is 22.8. The van der Waals surface area contributed by atoms with E-state index in [1.807, 2.05) is 0 Å². The van der Waals surface area contributed by atoms with Gasteiger partial charge in [0, 0.05) is 17.5 Å². The van der Waals surface area contributed by atoms with Crippen LogP contribution in [0.4, 0.5) is 9.52 Å². The number of rotatable bonds is 7. The molecule has 0 atom stereocenters. The van der Waals surface area contributed by atoms with Crippen molar-refractivity contribution in [3.63, 3.8) is 0 Å². The van der Waals surface area contributed by atoms with Gasteiger partial charge in [-0.2, -0.15) is 4.98 Å². The molecule has 33 heavy (non-hydrogen) atoms. The van der Waals surface area contributed by atoms with Crippen molar-refractivity contribution in [1.82, 2.24) is 19.9 Å². The fourth-order valence-electron chi connectivity index (χ4n) is 3.05. The molecule has 3 heterocycles. The number of anilines is 1. The van der Waals surface area contributed by atoms with Crippen molar-refractivity contribution in [3.8, 4) is 22.9 Å². The number of benzene rings is 1. The molecule has 0 radical (unpaired) electrons. The lowest BCUT2D eigenvalue weighted by molar-refractivity contribution is 0.102. The summed E-state index contributed by atoms with van der Waals surface area (Å²) in [4.78, 5) is 30.3. The SMILES string of the molecule is COc1ccc(Cl)c(F)c1-c1cc(C)ncc1C(=O)Nc1nc2cnc(OCCO)nc2s1. The summed E-state index contributed by atoms with van der Waals surface area (Å²) in [5, 5.41) is 11.7. The average Bonchev–Trinajstić information content (AvgIpc) is 3.20. The fourth-order valence-corrected chi connectivity index (χ4v) is 4.00. The Morgan fingerprint density at radius 1 is 1.27 bits per heavy atom. The summed E-state index contributed by atoms with van der Waals surface area (Å²) in [6, 6.07) is 4.58. The van der Waals surface area contributed by atoms with Crippen molar-refractivity contribution in [3.05, 3.63) is 52.7 Å². The van der Waals surface area contributed by atoms with Crippen LogP contribution in [0, 0.1) is 12.7 Å². The Kier molecular flexibility index (Phi) is 6.63. The molecule has 0 aliphatic carbocycles. The first-order valence-corrected chi connectivity index (χ1v) is 10.8. The number of nitrogens with one attached hydrogen (secondary N) is 1. The van der Waals surface area contributed by atoms with Crippen LogP contribution in [0.2, 0.25) is 5.02 Å². The Bertz CT molecular complexity index is 1350. The second-order valence-corrected chi connectivity index (χ2v) is 8.08. The normalized spacial score (nSPS) is 10.9. The van der Waals surface area contributed by atoms with Gasteiger partial charge in [0.05, 0.1) is 36.1 Å². The predicted octanol–water partition coefficient (Wildman–Crippen LogP) is 3.88. The molecule has 170 valence electrons. The number of carbonyl (C=O) groups is 1. The van der Waals surface area contributed by atoms with E-state index in [2.05, 4.69) is 25.3 Å². The van der Waals surface area contributed by atoms with E-state index in [1.54, 1.807) is 13.0 Å². The molecule has 0 spiro atoms. The highest BCUT2D eigenvalue weighted by atomic mass is 35.5. The highest BCUT2D eigenvalue weighted by molar-refractivity contribution is 7.22. The number of aliphatic hydroxyl groups excluding tert-OH is 1. The first-order valence-electron chi connectivity index (χ1n) is 9.59. The van der Waals surface area contributed by atoms with Crippen LogP contribution in [0.15, 0.2) is 30.6 Å². The van der Waals surface area contributed by atoms with Gasteiger partial charge in [0.15, 0.2) is 15.8 Å². The van der Waals surface area contributed by atoms with E-state index in [1.165, 1.54) is 31.6 Å². The molecule has 0 fully saturated rings. The zero-order chi connectivity index (χ0) is 23.5. The maximum Gasteiger partial charge on any atom is 0.317 e. The maximum absolute atomic E-state index is 15.0. The largest absolute Gasteiger partial charge is 0.496 e. The number of methoxy groups -OCH3 is 1. The van der Waals surface area contributed by atoms with Crippen LogP contribution >= 0.6 is 22.9 Å². The molecule has 0 unspecified atom stereocenters. The van der Waals surface area contributed by atoms with Crippen LogP contribution in [-0.4, -0.2) is 51.3 Å². The highest BCUT2D eigenvalue weighted by Gasteiger charge is 2.23. The Morgan fingerprint density at radius 3 is 2.85 bits per heavy atom. The van der Waals surface area contributed by atoms with Gasteiger partial charge in [0.2, 0.25) is 0 Å². The Morgan fingerprint density at radius 2 is 2.09 bits per heavy atom. The average molecular weight is 490 g/mol. The number of hydrogen-bond donors (Lipinski definition) is 2. The molecule has 1 aromatic carbocycles. The van der Waals surface area contributed by atoms with Crippen molar-refractivity contribution in [2.24, 2.45) is 0 Å². The lowest BCUT2D eigenvalue weighted by Gasteiger charge is -2.14. The third kappa shape index (κ3) is 4.70. The minimum absolute atomic E-state index is 0.0562. The third-order valence-corrected chi connectivity index (χ3v) is 5.68. The molecule has 3 aromatic heterocycles. The van der Waals surface area contributed by atoms with Gasteiger partial charge in [-0.3, -0.25) is 15.1 Å². The number of carbonyl (C=O) groups excluding carboxylic acids is 1. The van der Waals surface area contributed by atoms with Crippen molar-refractivity contribution in [2.75, 3.05) is 25.6 Å². The predicted molar refractivity (Wildman–Crippen MR) is 122 cm³/mol. The van der Waals surface area contributed by atoms with E-state index in [0.29, 0.717) is 16.0 Å². The number of aryl methyl sites for hydroxylation is 1. The highest BCUT2D eigenvalue weighted by Crippen LogP contribution is 2.38. The van der Waals surface area contributed by atoms with E-state index in [-0.39, 0.29) is 51.8 Å². The minimum Gasteiger partial charge on any atom is -0.496 e. The quantitative estimate of drug-likeness (QED) is 0.401. The van der Waals surface area contributed by atoms with Crippen LogP contribution in [0.1, 0.15) is 16.1 Å². The van der Waals surface area contributed by atoms with Gasteiger partial charge < -0.3 is 14.6 Å². The van der Waals surface area contributed by atoms with Crippen LogP contribution in [0.3, 0.4) is 0 Å². The summed E-state index contributed by atoms with van der Waals surface area (Å²) in [7, 11) is 1.40. The summed E-state index contributed by atoms with van der Waals surface area (Å²) in [5.74, 6) is -1.04. The smallest absolute Gasteiger partial charge is 0.317 e. The number of nitrogens with zero attached hydrogens (tertiary/aromatic N) is 4. The van der Waals surface area contributed by atoms with Crippen molar-refractivity contribution in [2.45, 2.75) is 6.92 Å².